The normalized spacial score (nSPS) is 11.4. The average molecular weight is 468 g/mol. The molecule has 0 aliphatic heterocycles. The fraction of sp³-hybridized carbons (Fsp3) is 0.174. The van der Waals surface area contributed by atoms with Gasteiger partial charge < -0.3 is 4.74 Å². The first kappa shape index (κ1) is 21.9. The second kappa shape index (κ2) is 9.05. The SMILES string of the molecule is COc1ccc2nc(N(Cc3cccnc3)C(=O)Cc3ccc(S(C)(=O)=O)cc3)sc2c1. The van der Waals surface area contributed by atoms with Crippen molar-refractivity contribution in [3.05, 3.63) is 78.1 Å². The molecule has 2 aromatic carbocycles. The Kier molecular flexibility index (Phi) is 6.20. The minimum Gasteiger partial charge on any atom is -0.497 e. The first-order valence-corrected chi connectivity index (χ1v) is 12.5. The van der Waals surface area contributed by atoms with Crippen LogP contribution in [0, 0.1) is 0 Å². The van der Waals surface area contributed by atoms with E-state index in [1.165, 1.54) is 23.5 Å². The van der Waals surface area contributed by atoms with E-state index in [0.717, 1.165) is 33.3 Å². The molecule has 0 aliphatic carbocycles. The minimum absolute atomic E-state index is 0.115. The zero-order valence-corrected chi connectivity index (χ0v) is 19.2. The van der Waals surface area contributed by atoms with Crippen molar-refractivity contribution >= 4 is 42.4 Å². The lowest BCUT2D eigenvalue weighted by Gasteiger charge is -2.20. The summed E-state index contributed by atoms with van der Waals surface area (Å²) in [7, 11) is -1.68. The van der Waals surface area contributed by atoms with Crippen molar-refractivity contribution < 1.29 is 17.9 Å². The molecular weight excluding hydrogens is 446 g/mol. The summed E-state index contributed by atoms with van der Waals surface area (Å²) in [5.41, 5.74) is 2.39. The van der Waals surface area contributed by atoms with Crippen molar-refractivity contribution in [3.63, 3.8) is 0 Å². The predicted molar refractivity (Wildman–Crippen MR) is 125 cm³/mol. The second-order valence-electron chi connectivity index (χ2n) is 7.26. The lowest BCUT2D eigenvalue weighted by molar-refractivity contribution is -0.118. The number of pyridine rings is 1. The molecule has 0 N–H and O–H groups in total. The molecule has 9 heteroatoms. The van der Waals surface area contributed by atoms with Crippen LogP contribution in [0.15, 0.2) is 71.9 Å². The van der Waals surface area contributed by atoms with Gasteiger partial charge in [0.1, 0.15) is 5.75 Å². The molecule has 0 radical (unpaired) electrons. The summed E-state index contributed by atoms with van der Waals surface area (Å²) < 4.78 is 29.6. The number of ether oxygens (including phenoxy) is 1. The third-order valence-electron chi connectivity index (χ3n) is 4.89. The molecule has 0 saturated carbocycles. The molecule has 32 heavy (non-hydrogen) atoms. The summed E-state index contributed by atoms with van der Waals surface area (Å²) in [5.74, 6) is 0.579. The molecule has 0 unspecified atom stereocenters. The van der Waals surface area contributed by atoms with Gasteiger partial charge in [-0.3, -0.25) is 14.7 Å². The zero-order valence-electron chi connectivity index (χ0n) is 17.6. The van der Waals surface area contributed by atoms with Crippen LogP contribution in [-0.2, 0) is 27.6 Å². The maximum absolute atomic E-state index is 13.3. The van der Waals surface area contributed by atoms with Crippen molar-refractivity contribution in [3.8, 4) is 5.75 Å². The highest BCUT2D eigenvalue weighted by molar-refractivity contribution is 7.90. The molecule has 0 fully saturated rings. The van der Waals surface area contributed by atoms with Crippen LogP contribution < -0.4 is 9.64 Å². The predicted octanol–water partition coefficient (Wildman–Crippen LogP) is 3.88. The lowest BCUT2D eigenvalue weighted by atomic mass is 10.1. The number of amides is 1. The number of carbonyl (C=O) groups excluding carboxylic acids is 1. The Morgan fingerprint density at radius 1 is 1.09 bits per heavy atom. The lowest BCUT2D eigenvalue weighted by Crippen LogP contribution is -2.31. The molecule has 0 aliphatic rings. The van der Waals surface area contributed by atoms with Crippen LogP contribution in [0.4, 0.5) is 5.13 Å². The summed E-state index contributed by atoms with van der Waals surface area (Å²) in [5, 5.41) is 0.579. The zero-order chi connectivity index (χ0) is 22.7. The molecule has 1 amide bonds. The Bertz CT molecular complexity index is 1350. The second-order valence-corrected chi connectivity index (χ2v) is 10.3. The van der Waals surface area contributed by atoms with E-state index in [2.05, 4.69) is 9.97 Å². The highest BCUT2D eigenvalue weighted by atomic mass is 32.2. The molecule has 0 bridgehead atoms. The summed E-state index contributed by atoms with van der Waals surface area (Å²) in [6, 6.07) is 15.7. The third-order valence-corrected chi connectivity index (χ3v) is 7.06. The number of carbonyl (C=O) groups is 1. The highest BCUT2D eigenvalue weighted by Gasteiger charge is 2.21. The number of anilines is 1. The number of fused-ring (bicyclic) bond motifs is 1. The van der Waals surface area contributed by atoms with Crippen LogP contribution in [0.3, 0.4) is 0 Å². The van der Waals surface area contributed by atoms with E-state index in [0.29, 0.717) is 11.7 Å². The topological polar surface area (TPSA) is 89.5 Å². The van der Waals surface area contributed by atoms with Crippen LogP contribution in [0.2, 0.25) is 0 Å². The average Bonchev–Trinajstić information content (AvgIpc) is 3.20. The quantitative estimate of drug-likeness (QED) is 0.410. The van der Waals surface area contributed by atoms with E-state index in [-0.39, 0.29) is 17.2 Å². The van der Waals surface area contributed by atoms with Crippen LogP contribution >= 0.6 is 11.3 Å². The fourth-order valence-corrected chi connectivity index (χ4v) is 4.84. The molecule has 4 aromatic rings. The number of thiazole rings is 1. The van der Waals surface area contributed by atoms with E-state index in [1.54, 1.807) is 36.5 Å². The van der Waals surface area contributed by atoms with Gasteiger partial charge in [-0.1, -0.05) is 29.5 Å². The van der Waals surface area contributed by atoms with Crippen LogP contribution in [0.25, 0.3) is 10.2 Å². The van der Waals surface area contributed by atoms with Gasteiger partial charge in [0.25, 0.3) is 0 Å². The highest BCUT2D eigenvalue weighted by Crippen LogP contribution is 2.32. The van der Waals surface area contributed by atoms with Gasteiger partial charge in [0, 0.05) is 18.6 Å². The number of rotatable bonds is 7. The smallest absolute Gasteiger partial charge is 0.233 e. The van der Waals surface area contributed by atoms with Crippen molar-refractivity contribution in [1.29, 1.82) is 0 Å². The summed E-state index contributed by atoms with van der Waals surface area (Å²) in [4.78, 5) is 24.0. The van der Waals surface area contributed by atoms with Crippen LogP contribution in [-0.4, -0.2) is 37.7 Å². The van der Waals surface area contributed by atoms with E-state index >= 15 is 0 Å². The Morgan fingerprint density at radius 3 is 2.53 bits per heavy atom. The Labute approximate surface area is 190 Å². The number of nitrogens with zero attached hydrogens (tertiary/aromatic N) is 3. The maximum atomic E-state index is 13.3. The summed E-state index contributed by atoms with van der Waals surface area (Å²) in [6.45, 7) is 0.324. The number of aromatic nitrogens is 2. The van der Waals surface area contributed by atoms with Gasteiger partial charge in [-0.25, -0.2) is 13.4 Å². The van der Waals surface area contributed by atoms with Crippen molar-refractivity contribution in [2.75, 3.05) is 18.3 Å². The largest absolute Gasteiger partial charge is 0.497 e. The van der Waals surface area contributed by atoms with Gasteiger partial charge >= 0.3 is 0 Å². The minimum atomic E-state index is -3.29. The van der Waals surface area contributed by atoms with E-state index < -0.39 is 9.84 Å². The molecule has 0 saturated heterocycles. The fourth-order valence-electron chi connectivity index (χ4n) is 3.20. The first-order valence-electron chi connectivity index (χ1n) is 9.76. The van der Waals surface area contributed by atoms with Gasteiger partial charge in [0.2, 0.25) is 5.91 Å². The molecule has 7 nitrogen and oxygen atoms in total. The van der Waals surface area contributed by atoms with Gasteiger partial charge in [0.15, 0.2) is 15.0 Å². The molecule has 2 heterocycles. The number of sulfone groups is 1. The van der Waals surface area contributed by atoms with Crippen molar-refractivity contribution in [2.45, 2.75) is 17.9 Å². The third kappa shape index (κ3) is 4.95. The molecule has 0 atom stereocenters. The number of hydrogen-bond donors (Lipinski definition) is 0. The molecule has 2 aromatic heterocycles. The van der Waals surface area contributed by atoms with Gasteiger partial charge in [-0.15, -0.1) is 0 Å². The first-order chi connectivity index (χ1) is 15.3. The van der Waals surface area contributed by atoms with E-state index in [9.17, 15) is 13.2 Å². The molecule has 0 spiro atoms. The molecule has 164 valence electrons. The van der Waals surface area contributed by atoms with Crippen molar-refractivity contribution in [1.82, 2.24) is 9.97 Å². The van der Waals surface area contributed by atoms with Gasteiger partial charge in [0.05, 0.1) is 35.2 Å². The standard InChI is InChI=1S/C23H21N3O4S2/c1-30-18-7-10-20-21(13-18)31-23(25-20)26(15-17-4-3-11-24-14-17)22(27)12-16-5-8-19(9-6-16)32(2,28)29/h3-11,13-14H,12,15H2,1-2H3. The molecule has 4 rings (SSSR count). The van der Waals surface area contributed by atoms with E-state index in [4.69, 9.17) is 4.74 Å². The van der Waals surface area contributed by atoms with E-state index in [1.807, 2.05) is 30.3 Å². The number of hydrogen-bond acceptors (Lipinski definition) is 7. The monoisotopic (exact) mass is 467 g/mol. The van der Waals surface area contributed by atoms with Crippen LogP contribution in [0.1, 0.15) is 11.1 Å². The van der Waals surface area contributed by atoms with Crippen LogP contribution in [0.5, 0.6) is 5.75 Å². The van der Waals surface area contributed by atoms with Gasteiger partial charge in [-0.2, -0.15) is 0 Å². The number of methoxy groups -OCH3 is 1. The molecular formula is C23H21N3O4S2. The summed E-state index contributed by atoms with van der Waals surface area (Å²) in [6.07, 6.45) is 4.68. The Balaban J connectivity index is 1.65. The van der Waals surface area contributed by atoms with Gasteiger partial charge in [-0.05, 0) is 47.5 Å². The Morgan fingerprint density at radius 2 is 1.88 bits per heavy atom. The number of benzene rings is 2. The maximum Gasteiger partial charge on any atom is 0.233 e. The van der Waals surface area contributed by atoms with Crippen molar-refractivity contribution in [2.24, 2.45) is 0 Å². The Hall–Kier alpha value is -3.30. The summed E-state index contributed by atoms with van der Waals surface area (Å²) >= 11 is 1.41.